The first-order valence-electron chi connectivity index (χ1n) is 6.57. The number of benzene rings is 1. The van der Waals surface area contributed by atoms with Crippen LogP contribution >= 0.6 is 0 Å². The number of aromatic amines is 1. The van der Waals surface area contributed by atoms with Crippen LogP contribution in [0.2, 0.25) is 0 Å². The average molecular weight is 320 g/mol. The Morgan fingerprint density at radius 2 is 1.78 bits per heavy atom. The molecule has 2 heterocycles. The molecule has 6 nitrogen and oxygen atoms in total. The average Bonchev–Trinajstić information content (AvgIpc) is 3.08. The highest BCUT2D eigenvalue weighted by atomic mass is 19.4. The molecule has 0 saturated carbocycles. The fraction of sp³-hybridized carbons (Fsp3) is 0.143. The minimum absolute atomic E-state index is 0.0902. The van der Waals surface area contributed by atoms with E-state index in [1.165, 1.54) is 6.07 Å². The van der Waals surface area contributed by atoms with E-state index in [1.807, 2.05) is 6.07 Å². The molecule has 0 amide bonds. The predicted octanol–water partition coefficient (Wildman–Crippen LogP) is 3.05. The van der Waals surface area contributed by atoms with E-state index >= 15 is 0 Å². The highest BCUT2D eigenvalue weighted by Gasteiger charge is 2.34. The van der Waals surface area contributed by atoms with Crippen LogP contribution in [-0.2, 0) is 6.18 Å². The van der Waals surface area contributed by atoms with Crippen LogP contribution in [0.15, 0.2) is 42.5 Å². The smallest absolute Gasteiger partial charge is 0.329 e. The van der Waals surface area contributed by atoms with Crippen molar-refractivity contribution in [1.29, 1.82) is 0 Å². The summed E-state index contributed by atoms with van der Waals surface area (Å²) in [6.45, 7) is 0. The lowest BCUT2D eigenvalue weighted by Gasteiger charge is -2.21. The van der Waals surface area contributed by atoms with Crippen LogP contribution in [0.4, 0.5) is 24.7 Å². The molecule has 1 N–H and O–H groups in total. The maximum atomic E-state index is 13.0. The van der Waals surface area contributed by atoms with Gasteiger partial charge in [0, 0.05) is 12.7 Å². The summed E-state index contributed by atoms with van der Waals surface area (Å²) in [7, 11) is 1.63. The van der Waals surface area contributed by atoms with Gasteiger partial charge in [0.2, 0.25) is 5.82 Å². The fourth-order valence-corrected chi connectivity index (χ4v) is 2.09. The first-order valence-corrected chi connectivity index (χ1v) is 6.57. The number of nitrogens with one attached hydrogen (secondary N) is 1. The molecular weight excluding hydrogens is 309 g/mol. The van der Waals surface area contributed by atoms with Gasteiger partial charge in [-0.3, -0.25) is 0 Å². The molecule has 0 saturated heterocycles. The van der Waals surface area contributed by atoms with Gasteiger partial charge >= 0.3 is 6.18 Å². The van der Waals surface area contributed by atoms with E-state index in [0.29, 0.717) is 11.3 Å². The second kappa shape index (κ2) is 5.67. The lowest BCUT2D eigenvalue weighted by atomic mass is 10.2. The summed E-state index contributed by atoms with van der Waals surface area (Å²) in [4.78, 5) is 5.30. The van der Waals surface area contributed by atoms with Crippen molar-refractivity contribution in [2.24, 2.45) is 0 Å². The van der Waals surface area contributed by atoms with Crippen LogP contribution < -0.4 is 4.90 Å². The van der Waals surface area contributed by atoms with E-state index in [2.05, 4.69) is 25.6 Å². The third kappa shape index (κ3) is 2.98. The summed E-state index contributed by atoms with van der Waals surface area (Å²) in [5.74, 6) is 0.261. The largest absolute Gasteiger partial charge is 0.433 e. The van der Waals surface area contributed by atoms with Crippen molar-refractivity contribution in [3.05, 3.63) is 48.2 Å². The zero-order chi connectivity index (χ0) is 16.4. The van der Waals surface area contributed by atoms with E-state index < -0.39 is 11.9 Å². The van der Waals surface area contributed by atoms with E-state index in [1.54, 1.807) is 36.2 Å². The number of halogens is 3. The van der Waals surface area contributed by atoms with Crippen LogP contribution in [0, 0.1) is 0 Å². The number of alkyl halides is 3. The Morgan fingerprint density at radius 3 is 2.39 bits per heavy atom. The Hall–Kier alpha value is -2.97. The second-order valence-corrected chi connectivity index (χ2v) is 4.70. The molecule has 0 aliphatic carbocycles. The molecule has 118 valence electrons. The topological polar surface area (TPSA) is 70.6 Å². The molecule has 3 rings (SSSR count). The number of anilines is 2. The number of aromatic nitrogens is 5. The lowest BCUT2D eigenvalue weighted by Crippen LogP contribution is -2.16. The molecule has 0 bridgehead atoms. The molecule has 3 aromatic rings. The second-order valence-electron chi connectivity index (χ2n) is 4.70. The summed E-state index contributed by atoms with van der Waals surface area (Å²) in [5, 5.41) is 13.4. The van der Waals surface area contributed by atoms with Crippen molar-refractivity contribution in [3.8, 4) is 11.4 Å². The summed E-state index contributed by atoms with van der Waals surface area (Å²) in [5.41, 5.74) is 0.0460. The van der Waals surface area contributed by atoms with Gasteiger partial charge in [-0.2, -0.15) is 18.4 Å². The van der Waals surface area contributed by atoms with Gasteiger partial charge in [0.1, 0.15) is 11.5 Å². The minimum atomic E-state index is -4.54. The predicted molar refractivity (Wildman–Crippen MR) is 76.9 cm³/mol. The highest BCUT2D eigenvalue weighted by Crippen LogP contribution is 2.35. The standard InChI is InChI=1S/C14H11F3N6/c1-23(9-5-3-2-4-6-9)13-10(12-19-21-22-20-12)7-8-11(18-13)14(15,16)17/h2-8H,1H3,(H,19,20,21,22). The molecule has 0 aliphatic rings. The summed E-state index contributed by atoms with van der Waals surface area (Å²) < 4.78 is 38.9. The van der Waals surface area contributed by atoms with E-state index in [4.69, 9.17) is 0 Å². The zero-order valence-electron chi connectivity index (χ0n) is 11.9. The lowest BCUT2D eigenvalue weighted by molar-refractivity contribution is -0.141. The molecule has 0 aliphatic heterocycles. The number of pyridine rings is 1. The molecule has 2 aromatic heterocycles. The normalized spacial score (nSPS) is 11.5. The Balaban J connectivity index is 2.15. The van der Waals surface area contributed by atoms with Crippen LogP contribution in [0.3, 0.4) is 0 Å². The monoisotopic (exact) mass is 320 g/mol. The molecule has 0 unspecified atom stereocenters. The molecule has 0 atom stereocenters. The SMILES string of the molecule is CN(c1ccccc1)c1nc(C(F)(F)F)ccc1-c1nn[nH]n1. The molecule has 23 heavy (non-hydrogen) atoms. The molecular formula is C14H11F3N6. The Bertz CT molecular complexity index is 786. The Labute approximate surface area is 129 Å². The van der Waals surface area contributed by atoms with Crippen molar-refractivity contribution in [2.45, 2.75) is 6.18 Å². The first kappa shape index (κ1) is 14.9. The van der Waals surface area contributed by atoms with Gasteiger partial charge in [0.25, 0.3) is 0 Å². The van der Waals surface area contributed by atoms with Gasteiger partial charge in [-0.05, 0) is 29.5 Å². The zero-order valence-corrected chi connectivity index (χ0v) is 11.9. The molecule has 0 radical (unpaired) electrons. The van der Waals surface area contributed by atoms with Crippen LogP contribution in [-0.4, -0.2) is 32.7 Å². The van der Waals surface area contributed by atoms with E-state index in [0.717, 1.165) is 6.07 Å². The number of hydrogen-bond acceptors (Lipinski definition) is 5. The molecule has 0 spiro atoms. The number of hydrogen-bond donors (Lipinski definition) is 1. The number of nitrogens with zero attached hydrogens (tertiary/aromatic N) is 5. The molecule has 9 heteroatoms. The number of rotatable bonds is 3. The summed E-state index contributed by atoms with van der Waals surface area (Å²) in [6.07, 6.45) is -4.54. The van der Waals surface area contributed by atoms with Crippen molar-refractivity contribution < 1.29 is 13.2 Å². The van der Waals surface area contributed by atoms with Crippen molar-refractivity contribution >= 4 is 11.5 Å². The third-order valence-corrected chi connectivity index (χ3v) is 3.21. The summed E-state index contributed by atoms with van der Waals surface area (Å²) >= 11 is 0. The molecule has 1 aromatic carbocycles. The van der Waals surface area contributed by atoms with Crippen LogP contribution in [0.1, 0.15) is 5.69 Å². The fourth-order valence-electron chi connectivity index (χ4n) is 2.09. The quantitative estimate of drug-likeness (QED) is 0.803. The van der Waals surface area contributed by atoms with Gasteiger partial charge in [0.05, 0.1) is 5.56 Å². The minimum Gasteiger partial charge on any atom is -0.329 e. The van der Waals surface area contributed by atoms with Crippen molar-refractivity contribution in [3.63, 3.8) is 0 Å². The van der Waals surface area contributed by atoms with Gasteiger partial charge in [0.15, 0.2) is 0 Å². The Kier molecular flexibility index (Phi) is 3.68. The molecule has 0 fully saturated rings. The maximum absolute atomic E-state index is 13.0. The van der Waals surface area contributed by atoms with Gasteiger partial charge < -0.3 is 4.90 Å². The van der Waals surface area contributed by atoms with Crippen molar-refractivity contribution in [1.82, 2.24) is 25.6 Å². The van der Waals surface area contributed by atoms with E-state index in [9.17, 15) is 13.2 Å². The van der Waals surface area contributed by atoms with Gasteiger partial charge in [-0.1, -0.05) is 18.2 Å². The highest BCUT2D eigenvalue weighted by molar-refractivity contribution is 5.75. The van der Waals surface area contributed by atoms with Crippen LogP contribution in [0.5, 0.6) is 0 Å². The van der Waals surface area contributed by atoms with Crippen LogP contribution in [0.25, 0.3) is 11.4 Å². The maximum Gasteiger partial charge on any atom is 0.433 e. The third-order valence-electron chi connectivity index (χ3n) is 3.21. The van der Waals surface area contributed by atoms with Crippen molar-refractivity contribution in [2.75, 3.05) is 11.9 Å². The van der Waals surface area contributed by atoms with E-state index in [-0.39, 0.29) is 11.6 Å². The number of para-hydroxylation sites is 1. The summed E-state index contributed by atoms with van der Waals surface area (Å²) in [6, 6.07) is 11.1. The number of H-pyrrole nitrogens is 1. The Morgan fingerprint density at radius 1 is 1.04 bits per heavy atom. The number of tetrazole rings is 1. The van der Waals surface area contributed by atoms with Gasteiger partial charge in [-0.15, -0.1) is 10.2 Å². The first-order chi connectivity index (χ1) is 11.0. The van der Waals surface area contributed by atoms with Gasteiger partial charge in [-0.25, -0.2) is 4.98 Å².